The van der Waals surface area contributed by atoms with Crippen LogP contribution in [0.1, 0.15) is 17.8 Å². The third-order valence-electron chi connectivity index (χ3n) is 3.96. The topological polar surface area (TPSA) is 88.1 Å². The van der Waals surface area contributed by atoms with E-state index in [9.17, 15) is 9.59 Å². The van der Waals surface area contributed by atoms with Gasteiger partial charge in [-0.25, -0.2) is 0 Å². The quantitative estimate of drug-likeness (QED) is 0.839. The molecule has 1 N–H and O–H groups in total. The maximum absolute atomic E-state index is 12.2. The Kier molecular flexibility index (Phi) is 5.10. The Hall–Kier alpha value is -2.83. The summed E-state index contributed by atoms with van der Waals surface area (Å²) in [6.45, 7) is 1.37. The van der Waals surface area contributed by atoms with Crippen molar-refractivity contribution in [3.05, 3.63) is 54.4 Å². The van der Waals surface area contributed by atoms with Gasteiger partial charge in [-0.05, 0) is 12.1 Å². The number of carbonyl (C=O) groups excluding carboxylic acids is 2. The van der Waals surface area contributed by atoms with Crippen molar-refractivity contribution in [1.29, 1.82) is 0 Å². The molecule has 0 saturated carbocycles. The summed E-state index contributed by atoms with van der Waals surface area (Å²) in [6.07, 6.45) is 7.50. The lowest BCUT2D eigenvalue weighted by atomic mass is 10.1. The molecule has 1 aliphatic heterocycles. The van der Waals surface area contributed by atoms with E-state index in [-0.39, 0.29) is 24.2 Å². The normalized spacial score (nSPS) is 17.1. The lowest BCUT2D eigenvalue weighted by Crippen LogP contribution is -2.34. The summed E-state index contributed by atoms with van der Waals surface area (Å²) in [6, 6.07) is 5.60. The Morgan fingerprint density at radius 2 is 2.08 bits per heavy atom. The smallest absolute Gasteiger partial charge is 0.225 e. The van der Waals surface area contributed by atoms with E-state index in [1.807, 2.05) is 18.2 Å². The van der Waals surface area contributed by atoms with Crippen molar-refractivity contribution in [2.75, 3.05) is 13.1 Å². The molecule has 0 aromatic carbocycles. The Bertz CT molecular complexity index is 693. The highest BCUT2D eigenvalue weighted by atomic mass is 16.2. The predicted octanol–water partition coefficient (Wildman–Crippen LogP) is 0.579. The summed E-state index contributed by atoms with van der Waals surface area (Å²) in [5.74, 6) is -0.395. The van der Waals surface area contributed by atoms with Crippen LogP contribution in [0.2, 0.25) is 0 Å². The largest absolute Gasteiger partial charge is 0.355 e. The van der Waals surface area contributed by atoms with Crippen LogP contribution in [0.5, 0.6) is 0 Å². The molecule has 1 unspecified atom stereocenters. The second-order valence-corrected chi connectivity index (χ2v) is 5.73. The number of carbonyl (C=O) groups is 2. The van der Waals surface area contributed by atoms with Gasteiger partial charge in [0.1, 0.15) is 0 Å². The van der Waals surface area contributed by atoms with E-state index in [0.29, 0.717) is 26.1 Å². The fourth-order valence-electron chi connectivity index (χ4n) is 2.70. The maximum Gasteiger partial charge on any atom is 0.225 e. The number of rotatable bonds is 6. The van der Waals surface area contributed by atoms with Crippen LogP contribution in [0.3, 0.4) is 0 Å². The van der Waals surface area contributed by atoms with E-state index in [1.165, 1.54) is 0 Å². The minimum absolute atomic E-state index is 0.00488. The number of nitrogens with one attached hydrogen (secondary N) is 1. The van der Waals surface area contributed by atoms with Gasteiger partial charge in [-0.1, -0.05) is 6.07 Å². The molecule has 0 radical (unpaired) electrons. The van der Waals surface area contributed by atoms with Gasteiger partial charge in [0.05, 0.1) is 23.9 Å². The van der Waals surface area contributed by atoms with Crippen LogP contribution >= 0.6 is 0 Å². The number of hydrogen-bond donors (Lipinski definition) is 1. The van der Waals surface area contributed by atoms with Crippen LogP contribution in [0.15, 0.2) is 43.0 Å². The number of likely N-dealkylation sites (tertiary alicyclic amines) is 1. The monoisotopic (exact) mass is 325 g/mol. The first-order chi connectivity index (χ1) is 11.7. The highest BCUT2D eigenvalue weighted by Crippen LogP contribution is 2.19. The first-order valence-electron chi connectivity index (χ1n) is 7.92. The standard InChI is InChI=1S/C17H19N5O2/c23-16-9-13(11-22(16)12-15-3-1-2-5-19-15)17(24)21-6-4-14-10-18-7-8-20-14/h1-3,5,7-8,10,13H,4,6,9,11-12H2,(H,21,24). The summed E-state index contributed by atoms with van der Waals surface area (Å²) in [7, 11) is 0. The Morgan fingerprint density at radius 3 is 2.83 bits per heavy atom. The number of amides is 2. The van der Waals surface area contributed by atoms with Gasteiger partial charge < -0.3 is 10.2 Å². The molecule has 2 amide bonds. The van der Waals surface area contributed by atoms with Crippen molar-refractivity contribution in [3.63, 3.8) is 0 Å². The zero-order valence-corrected chi connectivity index (χ0v) is 13.3. The molecule has 1 saturated heterocycles. The molecule has 3 rings (SSSR count). The summed E-state index contributed by atoms with van der Waals surface area (Å²) >= 11 is 0. The first-order valence-corrected chi connectivity index (χ1v) is 7.92. The van der Waals surface area contributed by atoms with E-state index in [2.05, 4.69) is 20.3 Å². The van der Waals surface area contributed by atoms with Gasteiger partial charge in [0.2, 0.25) is 11.8 Å². The number of pyridine rings is 1. The van der Waals surface area contributed by atoms with Gasteiger partial charge in [0, 0.05) is 50.7 Å². The summed E-state index contributed by atoms with van der Waals surface area (Å²) in [5.41, 5.74) is 1.66. The molecule has 0 aliphatic carbocycles. The van der Waals surface area contributed by atoms with Gasteiger partial charge in [-0.3, -0.25) is 24.5 Å². The van der Waals surface area contributed by atoms with E-state index >= 15 is 0 Å². The SMILES string of the molecule is O=C(NCCc1cnccn1)C1CC(=O)N(Cc2ccccn2)C1. The molecule has 2 aromatic heterocycles. The van der Waals surface area contributed by atoms with Crippen LogP contribution in [-0.4, -0.2) is 44.8 Å². The van der Waals surface area contributed by atoms with Crippen molar-refractivity contribution in [2.24, 2.45) is 5.92 Å². The second-order valence-electron chi connectivity index (χ2n) is 5.73. The molecule has 2 aromatic rings. The van der Waals surface area contributed by atoms with Crippen LogP contribution < -0.4 is 5.32 Å². The van der Waals surface area contributed by atoms with Crippen molar-refractivity contribution in [1.82, 2.24) is 25.2 Å². The second kappa shape index (κ2) is 7.63. The molecule has 7 heteroatoms. The lowest BCUT2D eigenvalue weighted by molar-refractivity contribution is -0.129. The van der Waals surface area contributed by atoms with Crippen molar-refractivity contribution in [3.8, 4) is 0 Å². The van der Waals surface area contributed by atoms with E-state index in [4.69, 9.17) is 0 Å². The zero-order valence-electron chi connectivity index (χ0n) is 13.3. The van der Waals surface area contributed by atoms with Crippen LogP contribution in [0.25, 0.3) is 0 Å². The molecule has 124 valence electrons. The highest BCUT2D eigenvalue weighted by molar-refractivity contribution is 5.89. The van der Waals surface area contributed by atoms with Crippen LogP contribution in [0, 0.1) is 5.92 Å². The Balaban J connectivity index is 1.47. The average Bonchev–Trinajstić information content (AvgIpc) is 2.97. The minimum Gasteiger partial charge on any atom is -0.355 e. The Morgan fingerprint density at radius 1 is 1.21 bits per heavy atom. The van der Waals surface area contributed by atoms with Gasteiger partial charge >= 0.3 is 0 Å². The fraction of sp³-hybridized carbons (Fsp3) is 0.353. The lowest BCUT2D eigenvalue weighted by Gasteiger charge is -2.16. The minimum atomic E-state index is -0.303. The third kappa shape index (κ3) is 4.13. The fourth-order valence-corrected chi connectivity index (χ4v) is 2.70. The van der Waals surface area contributed by atoms with E-state index < -0.39 is 0 Å². The van der Waals surface area contributed by atoms with Gasteiger partial charge in [-0.15, -0.1) is 0 Å². The van der Waals surface area contributed by atoms with Crippen molar-refractivity contribution < 1.29 is 9.59 Å². The van der Waals surface area contributed by atoms with Gasteiger partial charge in [-0.2, -0.15) is 0 Å². The molecule has 24 heavy (non-hydrogen) atoms. The summed E-state index contributed by atoms with van der Waals surface area (Å²) in [5, 5.41) is 2.88. The zero-order chi connectivity index (χ0) is 16.8. The van der Waals surface area contributed by atoms with E-state index in [0.717, 1.165) is 11.4 Å². The third-order valence-corrected chi connectivity index (χ3v) is 3.96. The summed E-state index contributed by atoms with van der Waals surface area (Å²) < 4.78 is 0. The molecule has 1 fully saturated rings. The molecule has 3 heterocycles. The molecule has 0 spiro atoms. The van der Waals surface area contributed by atoms with Crippen molar-refractivity contribution >= 4 is 11.8 Å². The predicted molar refractivity (Wildman–Crippen MR) is 86.5 cm³/mol. The van der Waals surface area contributed by atoms with Crippen LogP contribution in [0.4, 0.5) is 0 Å². The van der Waals surface area contributed by atoms with E-state index in [1.54, 1.807) is 29.7 Å². The number of nitrogens with zero attached hydrogens (tertiary/aromatic N) is 4. The van der Waals surface area contributed by atoms with Gasteiger partial charge in [0.15, 0.2) is 0 Å². The van der Waals surface area contributed by atoms with Gasteiger partial charge in [0.25, 0.3) is 0 Å². The number of hydrogen-bond acceptors (Lipinski definition) is 5. The number of aromatic nitrogens is 3. The molecular formula is C17H19N5O2. The summed E-state index contributed by atoms with van der Waals surface area (Å²) in [4.78, 5) is 38.4. The van der Waals surface area contributed by atoms with Crippen LogP contribution in [-0.2, 0) is 22.6 Å². The molecular weight excluding hydrogens is 306 g/mol. The highest BCUT2D eigenvalue weighted by Gasteiger charge is 2.34. The maximum atomic E-state index is 12.2. The van der Waals surface area contributed by atoms with Crippen molar-refractivity contribution in [2.45, 2.75) is 19.4 Å². The molecule has 0 bridgehead atoms. The molecule has 1 atom stereocenters. The molecule has 7 nitrogen and oxygen atoms in total. The Labute approximate surface area is 140 Å². The first kappa shape index (κ1) is 16.0. The molecule has 1 aliphatic rings. The average molecular weight is 325 g/mol.